The molecule has 0 aromatic carbocycles. The van der Waals surface area contributed by atoms with Gasteiger partial charge in [0, 0.05) is 19.1 Å². The average Bonchev–Trinajstić information content (AvgIpc) is 2.92. The van der Waals surface area contributed by atoms with Gasteiger partial charge < -0.3 is 15.3 Å². The highest BCUT2D eigenvalue weighted by Gasteiger charge is 2.27. The van der Waals surface area contributed by atoms with Crippen molar-refractivity contribution in [2.45, 2.75) is 70.9 Å². The fourth-order valence-electron chi connectivity index (χ4n) is 3.39. The molecular formula is C16H30N2O2. The number of urea groups is 1. The standard InChI is InChI=1S/C16H30N2O2/c1-12-9-10-18(11-15(12)19)16(20)17-13(2)7-8-14-5-3-4-6-14/h12-15,19H,3-11H2,1-2H3,(H,17,20). The highest BCUT2D eigenvalue weighted by molar-refractivity contribution is 5.74. The van der Waals surface area contributed by atoms with Crippen molar-refractivity contribution in [3.8, 4) is 0 Å². The first kappa shape index (κ1) is 15.6. The maximum Gasteiger partial charge on any atom is 0.317 e. The number of piperidine rings is 1. The van der Waals surface area contributed by atoms with Gasteiger partial charge in [0.15, 0.2) is 0 Å². The average molecular weight is 282 g/mol. The summed E-state index contributed by atoms with van der Waals surface area (Å²) in [5, 5.41) is 12.9. The Balaban J connectivity index is 1.67. The number of hydrogen-bond donors (Lipinski definition) is 2. The molecule has 0 spiro atoms. The number of β-amino-alcohol motifs (C(OH)–C–C–N with tert-alkyl or cyclic N) is 1. The molecule has 2 N–H and O–H groups in total. The van der Waals surface area contributed by atoms with E-state index in [2.05, 4.69) is 12.2 Å². The van der Waals surface area contributed by atoms with Crippen molar-refractivity contribution in [1.29, 1.82) is 0 Å². The molecule has 1 aliphatic heterocycles. The Bertz CT molecular complexity index is 316. The van der Waals surface area contributed by atoms with Crippen molar-refractivity contribution in [2.24, 2.45) is 11.8 Å². The molecular weight excluding hydrogens is 252 g/mol. The molecule has 0 bridgehead atoms. The molecule has 4 heteroatoms. The Hall–Kier alpha value is -0.770. The van der Waals surface area contributed by atoms with Crippen LogP contribution in [0, 0.1) is 11.8 Å². The zero-order chi connectivity index (χ0) is 14.5. The fraction of sp³-hybridized carbons (Fsp3) is 0.938. The number of amides is 2. The van der Waals surface area contributed by atoms with E-state index in [1.54, 1.807) is 4.90 Å². The molecule has 3 unspecified atom stereocenters. The molecule has 20 heavy (non-hydrogen) atoms. The first-order valence-corrected chi connectivity index (χ1v) is 8.29. The minimum absolute atomic E-state index is 0.00475. The van der Waals surface area contributed by atoms with E-state index in [4.69, 9.17) is 0 Å². The molecule has 4 nitrogen and oxygen atoms in total. The molecule has 3 atom stereocenters. The predicted octanol–water partition coefficient (Wildman–Crippen LogP) is 2.76. The highest BCUT2D eigenvalue weighted by Crippen LogP contribution is 2.28. The summed E-state index contributed by atoms with van der Waals surface area (Å²) in [4.78, 5) is 13.9. The van der Waals surface area contributed by atoms with E-state index in [1.807, 2.05) is 6.92 Å². The molecule has 2 rings (SSSR count). The SMILES string of the molecule is CC(CCC1CCCC1)NC(=O)N1CCC(C)C(O)C1. The van der Waals surface area contributed by atoms with Crippen molar-refractivity contribution in [1.82, 2.24) is 10.2 Å². The molecule has 1 saturated heterocycles. The highest BCUT2D eigenvalue weighted by atomic mass is 16.3. The van der Waals surface area contributed by atoms with Crippen molar-refractivity contribution >= 4 is 6.03 Å². The summed E-state index contributed by atoms with van der Waals surface area (Å²) in [5.41, 5.74) is 0. The van der Waals surface area contributed by atoms with Gasteiger partial charge in [-0.3, -0.25) is 0 Å². The number of aliphatic hydroxyl groups is 1. The molecule has 1 aliphatic carbocycles. The van der Waals surface area contributed by atoms with Crippen molar-refractivity contribution in [3.05, 3.63) is 0 Å². The maximum atomic E-state index is 12.2. The summed E-state index contributed by atoms with van der Waals surface area (Å²) in [6, 6.07) is 0.231. The second-order valence-electron chi connectivity index (χ2n) is 6.86. The van der Waals surface area contributed by atoms with E-state index in [1.165, 1.54) is 32.1 Å². The molecule has 2 aliphatic rings. The van der Waals surface area contributed by atoms with E-state index in [9.17, 15) is 9.90 Å². The lowest BCUT2D eigenvalue weighted by Gasteiger charge is -2.35. The van der Waals surface area contributed by atoms with Gasteiger partial charge in [0.2, 0.25) is 0 Å². The molecule has 2 fully saturated rings. The first-order valence-electron chi connectivity index (χ1n) is 8.29. The maximum absolute atomic E-state index is 12.2. The van der Waals surface area contributed by atoms with Crippen LogP contribution in [0.25, 0.3) is 0 Å². The Morgan fingerprint density at radius 1 is 1.35 bits per heavy atom. The summed E-state index contributed by atoms with van der Waals surface area (Å²) in [7, 11) is 0. The Kier molecular flexibility index (Phi) is 5.70. The summed E-state index contributed by atoms with van der Waals surface area (Å²) in [5.74, 6) is 1.19. The second kappa shape index (κ2) is 7.30. The van der Waals surface area contributed by atoms with Crippen LogP contribution < -0.4 is 5.32 Å². The van der Waals surface area contributed by atoms with Crippen LogP contribution in [0.5, 0.6) is 0 Å². The van der Waals surface area contributed by atoms with Gasteiger partial charge in [-0.1, -0.05) is 32.6 Å². The van der Waals surface area contributed by atoms with E-state index in [-0.39, 0.29) is 18.2 Å². The largest absolute Gasteiger partial charge is 0.391 e. The number of nitrogens with one attached hydrogen (secondary N) is 1. The van der Waals surface area contributed by atoms with Gasteiger partial charge in [0.25, 0.3) is 0 Å². The van der Waals surface area contributed by atoms with Crippen molar-refractivity contribution in [3.63, 3.8) is 0 Å². The number of carbonyl (C=O) groups excluding carboxylic acids is 1. The van der Waals surface area contributed by atoms with Crippen LogP contribution in [0.3, 0.4) is 0 Å². The molecule has 2 amide bonds. The third kappa shape index (κ3) is 4.37. The zero-order valence-electron chi connectivity index (χ0n) is 13.0. The van der Waals surface area contributed by atoms with Gasteiger partial charge in [-0.05, 0) is 38.0 Å². The molecule has 1 heterocycles. The normalized spacial score (nSPS) is 29.4. The molecule has 0 aromatic rings. The smallest absolute Gasteiger partial charge is 0.317 e. The second-order valence-corrected chi connectivity index (χ2v) is 6.86. The van der Waals surface area contributed by atoms with Crippen LogP contribution in [0.4, 0.5) is 4.79 Å². The third-order valence-corrected chi connectivity index (χ3v) is 5.06. The van der Waals surface area contributed by atoms with E-state index in [0.717, 1.165) is 25.3 Å². The first-order chi connectivity index (χ1) is 9.56. The quantitative estimate of drug-likeness (QED) is 0.833. The molecule has 0 aromatic heterocycles. The van der Waals surface area contributed by atoms with E-state index >= 15 is 0 Å². The minimum Gasteiger partial charge on any atom is -0.391 e. The minimum atomic E-state index is -0.372. The number of carbonyl (C=O) groups is 1. The van der Waals surface area contributed by atoms with Crippen LogP contribution in [-0.4, -0.2) is 41.3 Å². The summed E-state index contributed by atoms with van der Waals surface area (Å²) in [6.07, 6.45) is 8.34. The van der Waals surface area contributed by atoms with Crippen LogP contribution in [0.1, 0.15) is 58.8 Å². The number of likely N-dealkylation sites (tertiary alicyclic amines) is 1. The zero-order valence-corrected chi connectivity index (χ0v) is 13.0. The lowest BCUT2D eigenvalue weighted by molar-refractivity contribution is 0.0430. The molecule has 0 radical (unpaired) electrons. The predicted molar refractivity (Wildman–Crippen MR) is 80.5 cm³/mol. The van der Waals surface area contributed by atoms with Crippen LogP contribution >= 0.6 is 0 Å². The summed E-state index contributed by atoms with van der Waals surface area (Å²) in [6.45, 7) is 5.38. The van der Waals surface area contributed by atoms with Gasteiger partial charge in [-0.25, -0.2) is 4.79 Å². The number of hydrogen-bond acceptors (Lipinski definition) is 2. The number of aliphatic hydroxyl groups excluding tert-OH is 1. The Morgan fingerprint density at radius 2 is 2.05 bits per heavy atom. The molecule has 1 saturated carbocycles. The summed E-state index contributed by atoms with van der Waals surface area (Å²) >= 11 is 0. The fourth-order valence-corrected chi connectivity index (χ4v) is 3.39. The van der Waals surface area contributed by atoms with Gasteiger partial charge in [-0.2, -0.15) is 0 Å². The lowest BCUT2D eigenvalue weighted by atomic mass is 9.96. The van der Waals surface area contributed by atoms with E-state index < -0.39 is 0 Å². The van der Waals surface area contributed by atoms with Gasteiger partial charge in [0.1, 0.15) is 0 Å². The van der Waals surface area contributed by atoms with Crippen molar-refractivity contribution < 1.29 is 9.90 Å². The van der Waals surface area contributed by atoms with Crippen molar-refractivity contribution in [2.75, 3.05) is 13.1 Å². The topological polar surface area (TPSA) is 52.6 Å². The summed E-state index contributed by atoms with van der Waals surface area (Å²) < 4.78 is 0. The third-order valence-electron chi connectivity index (χ3n) is 5.06. The molecule has 116 valence electrons. The lowest BCUT2D eigenvalue weighted by Crippen LogP contribution is -2.51. The monoisotopic (exact) mass is 282 g/mol. The number of rotatable bonds is 4. The van der Waals surface area contributed by atoms with Gasteiger partial charge in [0.05, 0.1) is 6.10 Å². The van der Waals surface area contributed by atoms with Crippen LogP contribution in [0.2, 0.25) is 0 Å². The Morgan fingerprint density at radius 3 is 2.70 bits per heavy atom. The Labute approximate surface area is 122 Å². The number of nitrogens with zero attached hydrogens (tertiary/aromatic N) is 1. The van der Waals surface area contributed by atoms with Crippen LogP contribution in [0.15, 0.2) is 0 Å². The van der Waals surface area contributed by atoms with Gasteiger partial charge >= 0.3 is 6.03 Å². The van der Waals surface area contributed by atoms with E-state index in [0.29, 0.717) is 12.5 Å². The van der Waals surface area contributed by atoms with Gasteiger partial charge in [-0.15, -0.1) is 0 Å². The van der Waals surface area contributed by atoms with Crippen LogP contribution in [-0.2, 0) is 0 Å².